The van der Waals surface area contributed by atoms with Crippen LogP contribution in [0, 0.1) is 6.92 Å². The van der Waals surface area contributed by atoms with Gasteiger partial charge in [0.1, 0.15) is 0 Å². The zero-order valence-electron chi connectivity index (χ0n) is 29.4. The molecule has 1 heterocycles. The number of nitrogens with zero attached hydrogens (tertiary/aromatic N) is 2. The molecule has 1 aromatic heterocycles. The van der Waals surface area contributed by atoms with Crippen LogP contribution in [0.1, 0.15) is 5.56 Å². The highest BCUT2D eigenvalue weighted by Crippen LogP contribution is 2.43. The van der Waals surface area contributed by atoms with Gasteiger partial charge in [0.2, 0.25) is 0 Å². The van der Waals surface area contributed by atoms with Gasteiger partial charge in [0, 0.05) is 33.4 Å². The normalized spacial score (nSPS) is 11.5. The first-order valence-electron chi connectivity index (χ1n) is 18.3. The molecule has 0 aliphatic rings. The number of fused-ring (bicyclic) bond motifs is 5. The number of hydrogen-bond donors (Lipinski definition) is 0. The number of rotatable bonds is 6. The SMILES string of the molecule is Cc1ccc(-c2ccc(-n3c4ccccc4c4ccc(N(c5ccc6ccccc6c5)c5ccc6ccccc6c5)cc43)c(-c3ccccc3)c2)cc1. The fourth-order valence-corrected chi connectivity index (χ4v) is 7.94. The Bertz CT molecular complexity index is 2870. The van der Waals surface area contributed by atoms with Gasteiger partial charge in [-0.3, -0.25) is 0 Å². The molecule has 0 bridgehead atoms. The Morgan fingerprint density at radius 1 is 0.358 bits per heavy atom. The van der Waals surface area contributed by atoms with Crippen LogP contribution in [0.2, 0.25) is 0 Å². The summed E-state index contributed by atoms with van der Waals surface area (Å²) in [4.78, 5) is 2.40. The maximum atomic E-state index is 2.47. The number of benzene rings is 9. The number of aromatic nitrogens is 1. The number of hydrogen-bond acceptors (Lipinski definition) is 1. The van der Waals surface area contributed by atoms with E-state index in [4.69, 9.17) is 0 Å². The van der Waals surface area contributed by atoms with Gasteiger partial charge in [0.15, 0.2) is 0 Å². The molecule has 0 aliphatic carbocycles. The van der Waals surface area contributed by atoms with E-state index in [1.807, 2.05) is 0 Å². The average Bonchev–Trinajstić information content (AvgIpc) is 3.55. The molecule has 2 heteroatoms. The molecule has 0 unspecified atom stereocenters. The minimum absolute atomic E-state index is 1.10. The minimum Gasteiger partial charge on any atom is -0.310 e. The summed E-state index contributed by atoms with van der Waals surface area (Å²) in [5.41, 5.74) is 12.9. The second kappa shape index (κ2) is 12.7. The van der Waals surface area contributed by atoms with E-state index in [0.717, 1.165) is 28.3 Å². The molecule has 10 aromatic rings. The highest BCUT2D eigenvalue weighted by molar-refractivity contribution is 6.11. The first-order chi connectivity index (χ1) is 26.2. The average molecular weight is 677 g/mol. The molecule has 53 heavy (non-hydrogen) atoms. The first-order valence-corrected chi connectivity index (χ1v) is 18.3. The molecule has 2 nitrogen and oxygen atoms in total. The number of aryl methyl sites for hydroxylation is 1. The standard InChI is InChI=1S/C51H36N2/c1-35-19-21-38(22-20-35)42-25-30-50(48(33-42)39-13-3-2-4-14-39)53-49-18-10-9-17-46(49)47-29-28-45(34-51(47)53)52(43-26-23-36-11-5-7-15-40(36)31-43)44-27-24-37-12-6-8-16-41(37)32-44/h2-34H,1H3. The van der Waals surface area contributed by atoms with Crippen LogP contribution in [0.4, 0.5) is 17.1 Å². The van der Waals surface area contributed by atoms with E-state index in [0.29, 0.717) is 0 Å². The van der Waals surface area contributed by atoms with Crippen molar-refractivity contribution < 1.29 is 0 Å². The molecule has 0 amide bonds. The monoisotopic (exact) mass is 676 g/mol. The van der Waals surface area contributed by atoms with Crippen molar-refractivity contribution in [2.45, 2.75) is 6.92 Å². The molecule has 250 valence electrons. The second-order valence-electron chi connectivity index (χ2n) is 13.9. The Hall–Kier alpha value is -6.90. The van der Waals surface area contributed by atoms with E-state index in [9.17, 15) is 0 Å². The molecule has 0 aliphatic heterocycles. The molecular weight excluding hydrogens is 641 g/mol. The van der Waals surface area contributed by atoms with Gasteiger partial charge in [-0.25, -0.2) is 0 Å². The third-order valence-electron chi connectivity index (χ3n) is 10.6. The van der Waals surface area contributed by atoms with Crippen LogP contribution in [0.3, 0.4) is 0 Å². The molecule has 0 spiro atoms. The molecule has 0 fully saturated rings. The topological polar surface area (TPSA) is 8.17 Å². The van der Waals surface area contributed by atoms with Crippen molar-refractivity contribution in [3.63, 3.8) is 0 Å². The van der Waals surface area contributed by atoms with E-state index in [-0.39, 0.29) is 0 Å². The van der Waals surface area contributed by atoms with E-state index >= 15 is 0 Å². The lowest BCUT2D eigenvalue weighted by atomic mass is 9.96. The smallest absolute Gasteiger partial charge is 0.0562 e. The largest absolute Gasteiger partial charge is 0.310 e. The van der Waals surface area contributed by atoms with Crippen molar-refractivity contribution in [3.8, 4) is 27.9 Å². The summed E-state index contributed by atoms with van der Waals surface area (Å²) >= 11 is 0. The molecule has 0 saturated carbocycles. The number of anilines is 3. The highest BCUT2D eigenvalue weighted by atomic mass is 15.1. The van der Waals surface area contributed by atoms with Crippen LogP contribution < -0.4 is 4.90 Å². The van der Waals surface area contributed by atoms with Gasteiger partial charge >= 0.3 is 0 Å². The van der Waals surface area contributed by atoms with Crippen LogP contribution in [-0.2, 0) is 0 Å². The van der Waals surface area contributed by atoms with Crippen molar-refractivity contribution >= 4 is 60.4 Å². The summed E-state index contributed by atoms with van der Waals surface area (Å²) in [6.07, 6.45) is 0. The Balaban J connectivity index is 1.23. The predicted octanol–water partition coefficient (Wildman–Crippen LogP) is 14.2. The van der Waals surface area contributed by atoms with Crippen LogP contribution in [0.15, 0.2) is 200 Å². The van der Waals surface area contributed by atoms with Crippen LogP contribution in [0.5, 0.6) is 0 Å². The summed E-state index contributed by atoms with van der Waals surface area (Å²) in [5.74, 6) is 0. The van der Waals surface area contributed by atoms with Crippen LogP contribution in [-0.4, -0.2) is 4.57 Å². The van der Waals surface area contributed by atoms with E-state index in [1.54, 1.807) is 0 Å². The lowest BCUT2D eigenvalue weighted by Gasteiger charge is -2.26. The fourth-order valence-electron chi connectivity index (χ4n) is 7.94. The molecular formula is C51H36N2. The van der Waals surface area contributed by atoms with Crippen LogP contribution in [0.25, 0.3) is 71.3 Å². The lowest BCUT2D eigenvalue weighted by molar-refractivity contribution is 1.18. The minimum atomic E-state index is 1.10. The van der Waals surface area contributed by atoms with Crippen molar-refractivity contribution in [1.82, 2.24) is 4.57 Å². The zero-order chi connectivity index (χ0) is 35.3. The summed E-state index contributed by atoms with van der Waals surface area (Å²) in [7, 11) is 0. The van der Waals surface area contributed by atoms with Gasteiger partial charge in [0.05, 0.1) is 16.7 Å². The van der Waals surface area contributed by atoms with Crippen LogP contribution >= 0.6 is 0 Å². The van der Waals surface area contributed by atoms with Gasteiger partial charge in [-0.2, -0.15) is 0 Å². The summed E-state index contributed by atoms with van der Waals surface area (Å²) in [6.45, 7) is 2.14. The fraction of sp³-hybridized carbons (Fsp3) is 0.0196. The van der Waals surface area contributed by atoms with Crippen molar-refractivity contribution in [1.29, 1.82) is 0 Å². The van der Waals surface area contributed by atoms with Gasteiger partial charge in [-0.1, -0.05) is 151 Å². The Morgan fingerprint density at radius 2 is 0.906 bits per heavy atom. The van der Waals surface area contributed by atoms with E-state index in [2.05, 4.69) is 217 Å². The molecule has 9 aromatic carbocycles. The lowest BCUT2D eigenvalue weighted by Crippen LogP contribution is -2.10. The third-order valence-corrected chi connectivity index (χ3v) is 10.6. The molecule has 0 N–H and O–H groups in total. The zero-order valence-corrected chi connectivity index (χ0v) is 29.4. The quantitative estimate of drug-likeness (QED) is 0.170. The van der Waals surface area contributed by atoms with Gasteiger partial charge in [0.25, 0.3) is 0 Å². The highest BCUT2D eigenvalue weighted by Gasteiger charge is 2.20. The summed E-state index contributed by atoms with van der Waals surface area (Å²) < 4.78 is 2.47. The molecule has 0 saturated heterocycles. The molecule has 10 rings (SSSR count). The van der Waals surface area contributed by atoms with E-state index in [1.165, 1.54) is 65.7 Å². The molecule has 0 atom stereocenters. The summed E-state index contributed by atoms with van der Waals surface area (Å²) in [5, 5.41) is 7.35. The Morgan fingerprint density at radius 3 is 1.60 bits per heavy atom. The van der Waals surface area contributed by atoms with Gasteiger partial charge in [-0.05, 0) is 99.8 Å². The van der Waals surface area contributed by atoms with Gasteiger partial charge in [-0.15, -0.1) is 0 Å². The maximum Gasteiger partial charge on any atom is 0.0562 e. The predicted molar refractivity (Wildman–Crippen MR) is 226 cm³/mol. The van der Waals surface area contributed by atoms with Gasteiger partial charge < -0.3 is 9.47 Å². The van der Waals surface area contributed by atoms with E-state index < -0.39 is 0 Å². The van der Waals surface area contributed by atoms with Crippen molar-refractivity contribution in [2.24, 2.45) is 0 Å². The summed E-state index contributed by atoms with van der Waals surface area (Å²) in [6, 6.07) is 73.1. The molecule has 0 radical (unpaired) electrons. The Labute approximate surface area is 309 Å². The second-order valence-corrected chi connectivity index (χ2v) is 13.9. The third kappa shape index (κ3) is 5.44. The van der Waals surface area contributed by atoms with Crippen molar-refractivity contribution in [2.75, 3.05) is 4.90 Å². The first kappa shape index (κ1) is 30.9. The maximum absolute atomic E-state index is 2.47. The van der Waals surface area contributed by atoms with Crippen molar-refractivity contribution in [3.05, 3.63) is 206 Å². The number of para-hydroxylation sites is 1. The Kier molecular flexibility index (Phi) is 7.40.